The minimum atomic E-state index is -0.339. The summed E-state index contributed by atoms with van der Waals surface area (Å²) in [6.45, 7) is 4.26. The first-order chi connectivity index (χ1) is 17.0. The molecule has 0 saturated carbocycles. The SMILES string of the molecule is CCc1ccc(-c2cc3c(=O)[nH]nc(SCC(=O)N4CCN(c5ccccc5F)CC4)n3n2)cc1. The molecule has 180 valence electrons. The van der Waals surface area contributed by atoms with E-state index in [4.69, 9.17) is 0 Å². The van der Waals surface area contributed by atoms with Crippen LogP contribution < -0.4 is 10.5 Å². The molecule has 0 unspecified atom stereocenters. The van der Waals surface area contributed by atoms with Crippen molar-refractivity contribution >= 4 is 28.9 Å². The number of halogens is 1. The molecular formula is C25H25FN6O2S. The normalized spacial score (nSPS) is 14.0. The summed E-state index contributed by atoms with van der Waals surface area (Å²) in [5, 5.41) is 11.7. The molecule has 0 atom stereocenters. The van der Waals surface area contributed by atoms with Crippen molar-refractivity contribution in [2.45, 2.75) is 18.5 Å². The Labute approximate surface area is 205 Å². The summed E-state index contributed by atoms with van der Waals surface area (Å²) in [5.74, 6) is -0.128. The number of piperazine rings is 1. The van der Waals surface area contributed by atoms with E-state index in [0.29, 0.717) is 48.2 Å². The van der Waals surface area contributed by atoms with Gasteiger partial charge in [-0.05, 0) is 30.2 Å². The van der Waals surface area contributed by atoms with E-state index < -0.39 is 0 Å². The van der Waals surface area contributed by atoms with Gasteiger partial charge in [0.15, 0.2) is 0 Å². The predicted molar refractivity (Wildman–Crippen MR) is 134 cm³/mol. The second-order valence-corrected chi connectivity index (χ2v) is 9.26. The number of thioether (sulfide) groups is 1. The Balaban J connectivity index is 1.26. The number of aryl methyl sites for hydroxylation is 1. The fourth-order valence-corrected chi connectivity index (χ4v) is 4.97. The Morgan fingerprint density at radius 3 is 2.54 bits per heavy atom. The van der Waals surface area contributed by atoms with Crippen LogP contribution in [0.4, 0.5) is 10.1 Å². The van der Waals surface area contributed by atoms with E-state index in [1.165, 1.54) is 27.9 Å². The highest BCUT2D eigenvalue weighted by molar-refractivity contribution is 7.99. The minimum Gasteiger partial charge on any atom is -0.366 e. The zero-order valence-corrected chi connectivity index (χ0v) is 20.1. The fraction of sp³-hybridized carbons (Fsp3) is 0.280. The van der Waals surface area contributed by atoms with Gasteiger partial charge in [-0.1, -0.05) is 55.1 Å². The summed E-state index contributed by atoms with van der Waals surface area (Å²) < 4.78 is 15.6. The van der Waals surface area contributed by atoms with Gasteiger partial charge in [-0.2, -0.15) is 5.10 Å². The first kappa shape index (κ1) is 23.1. The van der Waals surface area contributed by atoms with Gasteiger partial charge >= 0.3 is 0 Å². The lowest BCUT2D eigenvalue weighted by atomic mass is 10.1. The Morgan fingerprint density at radius 1 is 1.09 bits per heavy atom. The standard InChI is InChI=1S/C25H25FN6O2S/c1-2-17-7-9-18(10-8-17)20-15-22-24(34)27-28-25(32(22)29-20)35-16-23(33)31-13-11-30(12-14-31)21-6-4-3-5-19(21)26/h3-10,15H,2,11-14,16H2,1H3,(H,27,34). The van der Waals surface area contributed by atoms with Crippen LogP contribution in [0.2, 0.25) is 0 Å². The van der Waals surface area contributed by atoms with Crippen molar-refractivity contribution in [2.75, 3.05) is 36.8 Å². The van der Waals surface area contributed by atoms with E-state index in [9.17, 15) is 14.0 Å². The van der Waals surface area contributed by atoms with Gasteiger partial charge in [-0.3, -0.25) is 9.59 Å². The van der Waals surface area contributed by atoms with Gasteiger partial charge in [0.05, 0.1) is 17.1 Å². The molecule has 8 nitrogen and oxygen atoms in total. The highest BCUT2D eigenvalue weighted by atomic mass is 32.2. The zero-order chi connectivity index (χ0) is 24.4. The largest absolute Gasteiger partial charge is 0.366 e. The van der Waals surface area contributed by atoms with Gasteiger partial charge in [0.2, 0.25) is 11.1 Å². The molecule has 0 spiro atoms. The van der Waals surface area contributed by atoms with Gasteiger partial charge in [-0.25, -0.2) is 14.0 Å². The van der Waals surface area contributed by atoms with Crippen molar-refractivity contribution in [1.82, 2.24) is 24.7 Å². The van der Waals surface area contributed by atoms with E-state index in [-0.39, 0.29) is 23.0 Å². The molecule has 0 radical (unpaired) electrons. The number of nitrogens with zero attached hydrogens (tertiary/aromatic N) is 5. The zero-order valence-electron chi connectivity index (χ0n) is 19.3. The molecule has 35 heavy (non-hydrogen) atoms. The molecule has 2 aromatic carbocycles. The average molecular weight is 493 g/mol. The number of carbonyl (C=O) groups excluding carboxylic acids is 1. The van der Waals surface area contributed by atoms with E-state index in [0.717, 1.165) is 12.0 Å². The van der Waals surface area contributed by atoms with Crippen molar-refractivity contribution in [3.05, 3.63) is 76.3 Å². The number of para-hydroxylation sites is 1. The van der Waals surface area contributed by atoms with Gasteiger partial charge < -0.3 is 9.80 Å². The number of aromatic amines is 1. The summed E-state index contributed by atoms with van der Waals surface area (Å²) in [6, 6.07) is 16.5. The number of aromatic nitrogens is 4. The van der Waals surface area contributed by atoms with Crippen LogP contribution in [-0.2, 0) is 11.2 Å². The smallest absolute Gasteiger partial charge is 0.290 e. The molecule has 5 rings (SSSR count). The first-order valence-electron chi connectivity index (χ1n) is 11.5. The van der Waals surface area contributed by atoms with Crippen molar-refractivity contribution in [2.24, 2.45) is 0 Å². The molecule has 10 heteroatoms. The number of amides is 1. The van der Waals surface area contributed by atoms with E-state index in [2.05, 4.69) is 22.2 Å². The highest BCUT2D eigenvalue weighted by Crippen LogP contribution is 2.23. The third kappa shape index (κ3) is 4.79. The number of carbonyl (C=O) groups is 1. The minimum absolute atomic E-state index is 0.0353. The molecule has 1 saturated heterocycles. The number of benzene rings is 2. The molecule has 0 bridgehead atoms. The van der Waals surface area contributed by atoms with Gasteiger partial charge in [0.25, 0.3) is 5.56 Å². The third-order valence-corrected chi connectivity index (χ3v) is 7.10. The summed E-state index contributed by atoms with van der Waals surface area (Å²) in [4.78, 5) is 28.9. The van der Waals surface area contributed by atoms with Crippen LogP contribution in [0.1, 0.15) is 12.5 Å². The Kier molecular flexibility index (Phi) is 6.54. The lowest BCUT2D eigenvalue weighted by Crippen LogP contribution is -2.49. The quantitative estimate of drug-likeness (QED) is 0.416. The molecule has 3 heterocycles. The maximum absolute atomic E-state index is 14.1. The van der Waals surface area contributed by atoms with Crippen LogP contribution in [-0.4, -0.2) is 62.6 Å². The van der Waals surface area contributed by atoms with Crippen molar-refractivity contribution in [3.8, 4) is 11.3 Å². The Hall–Kier alpha value is -3.66. The van der Waals surface area contributed by atoms with Crippen LogP contribution in [0.3, 0.4) is 0 Å². The van der Waals surface area contributed by atoms with Crippen LogP contribution in [0.15, 0.2) is 64.5 Å². The van der Waals surface area contributed by atoms with E-state index in [1.807, 2.05) is 35.2 Å². The number of anilines is 1. The van der Waals surface area contributed by atoms with Crippen LogP contribution >= 0.6 is 11.8 Å². The molecule has 1 aliphatic rings. The molecule has 0 aliphatic carbocycles. The molecule has 1 amide bonds. The van der Waals surface area contributed by atoms with Gasteiger partial charge in [0.1, 0.15) is 11.3 Å². The second-order valence-electron chi connectivity index (χ2n) is 8.32. The Morgan fingerprint density at radius 2 is 1.83 bits per heavy atom. The predicted octanol–water partition coefficient (Wildman–Crippen LogP) is 3.23. The summed E-state index contributed by atoms with van der Waals surface area (Å²) in [7, 11) is 0. The van der Waals surface area contributed by atoms with Crippen LogP contribution in [0.5, 0.6) is 0 Å². The maximum Gasteiger partial charge on any atom is 0.290 e. The lowest BCUT2D eigenvalue weighted by Gasteiger charge is -2.36. The van der Waals surface area contributed by atoms with Crippen molar-refractivity contribution < 1.29 is 9.18 Å². The number of H-pyrrole nitrogens is 1. The lowest BCUT2D eigenvalue weighted by molar-refractivity contribution is -0.128. The van der Waals surface area contributed by atoms with Crippen molar-refractivity contribution in [3.63, 3.8) is 0 Å². The Bertz CT molecular complexity index is 1410. The second kappa shape index (κ2) is 9.91. The monoisotopic (exact) mass is 492 g/mol. The van der Waals surface area contributed by atoms with Gasteiger partial charge in [-0.15, -0.1) is 5.10 Å². The van der Waals surface area contributed by atoms with E-state index in [1.54, 1.807) is 23.1 Å². The molecule has 1 fully saturated rings. The molecule has 1 N–H and O–H groups in total. The molecular weight excluding hydrogens is 467 g/mol. The van der Waals surface area contributed by atoms with Crippen LogP contribution in [0.25, 0.3) is 16.8 Å². The number of nitrogens with one attached hydrogen (secondary N) is 1. The summed E-state index contributed by atoms with van der Waals surface area (Å²) in [5.41, 5.74) is 3.40. The summed E-state index contributed by atoms with van der Waals surface area (Å²) >= 11 is 1.23. The highest BCUT2D eigenvalue weighted by Gasteiger charge is 2.23. The molecule has 4 aromatic rings. The number of rotatable bonds is 6. The summed E-state index contributed by atoms with van der Waals surface area (Å²) in [6.07, 6.45) is 0.946. The number of fused-ring (bicyclic) bond motifs is 1. The van der Waals surface area contributed by atoms with Crippen molar-refractivity contribution in [1.29, 1.82) is 0 Å². The topological polar surface area (TPSA) is 86.6 Å². The van der Waals surface area contributed by atoms with Crippen LogP contribution in [0, 0.1) is 5.82 Å². The molecule has 2 aromatic heterocycles. The fourth-order valence-electron chi connectivity index (χ4n) is 4.16. The van der Waals surface area contributed by atoms with E-state index >= 15 is 0 Å². The molecule has 1 aliphatic heterocycles. The first-order valence-corrected chi connectivity index (χ1v) is 12.5. The number of hydrogen-bond acceptors (Lipinski definition) is 6. The maximum atomic E-state index is 14.1. The number of hydrogen-bond donors (Lipinski definition) is 1. The third-order valence-electron chi connectivity index (χ3n) is 6.18. The van der Waals surface area contributed by atoms with Gasteiger partial charge in [0, 0.05) is 31.7 Å². The average Bonchev–Trinajstić information content (AvgIpc) is 3.35.